The Labute approximate surface area is 40.9 Å². The zero-order valence-corrected chi connectivity index (χ0v) is 3.63. The lowest BCUT2D eigenvalue weighted by Crippen LogP contribution is -1.61. The van der Waals surface area contributed by atoms with Crippen molar-refractivity contribution in [2.75, 3.05) is 0 Å². The van der Waals surface area contributed by atoms with Crippen molar-refractivity contribution in [3.8, 4) is 0 Å². The minimum Gasteiger partial charge on any atom is -0.290 e. The summed E-state index contributed by atoms with van der Waals surface area (Å²) >= 11 is 0. The second-order valence-corrected chi connectivity index (χ2v) is 0.746. The third-order valence-corrected chi connectivity index (χ3v) is 0.319. The van der Waals surface area contributed by atoms with Gasteiger partial charge in [0.25, 0.3) is 0 Å². The molecule has 0 aliphatic heterocycles. The van der Waals surface area contributed by atoms with Gasteiger partial charge in [0.1, 0.15) is 6.34 Å². The van der Waals surface area contributed by atoms with Gasteiger partial charge in [0.15, 0.2) is 0 Å². The van der Waals surface area contributed by atoms with Gasteiger partial charge in [-0.2, -0.15) is 0 Å². The van der Waals surface area contributed by atoms with E-state index in [1.165, 1.54) is 6.21 Å². The van der Waals surface area contributed by atoms with Gasteiger partial charge >= 0.3 is 0 Å². The van der Waals surface area contributed by atoms with Crippen molar-refractivity contribution in [1.82, 2.24) is 0 Å². The maximum atomic E-state index is 11.0. The van der Waals surface area contributed by atoms with E-state index >= 15 is 0 Å². The monoisotopic (exact) mass is 100 g/mol. The highest BCUT2D eigenvalue weighted by Crippen LogP contribution is 1.65. The van der Waals surface area contributed by atoms with Crippen LogP contribution in [0, 0.1) is 5.41 Å². The molecule has 0 aliphatic carbocycles. The summed E-state index contributed by atoms with van der Waals surface area (Å²) in [6.45, 7) is 0. The van der Waals surface area contributed by atoms with Gasteiger partial charge in [-0.1, -0.05) is 0 Å². The molecule has 1 N–H and O–H groups in total. The number of halogens is 1. The van der Waals surface area contributed by atoms with Gasteiger partial charge in [-0.3, -0.25) is 5.41 Å². The topological polar surface area (TPSA) is 36.2 Å². The second-order valence-electron chi connectivity index (χ2n) is 0.746. The number of rotatable bonds is 2. The number of hydrogen-bond donors (Lipinski definition) is 1. The van der Waals surface area contributed by atoms with Gasteiger partial charge in [0, 0.05) is 6.21 Å². The van der Waals surface area contributed by atoms with Crippen LogP contribution in [0.4, 0.5) is 4.39 Å². The van der Waals surface area contributed by atoms with Crippen molar-refractivity contribution in [1.29, 1.82) is 5.41 Å². The summed E-state index contributed by atoms with van der Waals surface area (Å²) in [5.41, 5.74) is 0. The first-order valence-electron chi connectivity index (χ1n) is 1.69. The maximum absolute atomic E-state index is 11.0. The van der Waals surface area contributed by atoms with Gasteiger partial charge < -0.3 is 0 Å². The first-order chi connectivity index (χ1) is 3.41. The molecule has 0 radical (unpaired) electrons. The Bertz CT molecular complexity index is 95.9. The van der Waals surface area contributed by atoms with Crippen LogP contribution in [0.2, 0.25) is 0 Å². The molecule has 0 amide bonds. The quantitative estimate of drug-likeness (QED) is 0.399. The molecular weight excluding hydrogens is 95.1 g/mol. The van der Waals surface area contributed by atoms with Crippen molar-refractivity contribution in [2.24, 2.45) is 4.99 Å². The molecule has 0 bridgehead atoms. The molecule has 0 fully saturated rings. The van der Waals surface area contributed by atoms with E-state index in [-0.39, 0.29) is 0 Å². The van der Waals surface area contributed by atoms with Crippen molar-refractivity contribution >= 4 is 12.6 Å². The van der Waals surface area contributed by atoms with Crippen LogP contribution in [0.3, 0.4) is 0 Å². The van der Waals surface area contributed by atoms with Crippen LogP contribution in [-0.4, -0.2) is 12.6 Å². The van der Waals surface area contributed by atoms with Gasteiger partial charge in [-0.05, 0) is 6.08 Å². The maximum Gasteiger partial charge on any atom is 0.106 e. The third-order valence-electron chi connectivity index (χ3n) is 0.319. The van der Waals surface area contributed by atoms with Crippen molar-refractivity contribution in [2.45, 2.75) is 0 Å². The molecule has 0 spiro atoms. The molecule has 0 aromatic heterocycles. The fraction of sp³-hybridized carbons (Fsp3) is 0. The van der Waals surface area contributed by atoms with Crippen LogP contribution in [-0.2, 0) is 0 Å². The van der Waals surface area contributed by atoms with Crippen LogP contribution in [0.5, 0.6) is 0 Å². The van der Waals surface area contributed by atoms with Gasteiger partial charge in [-0.25, -0.2) is 9.38 Å². The fourth-order valence-corrected chi connectivity index (χ4v) is 0.125. The third kappa shape index (κ3) is 5.01. The SMILES string of the molecule is N=CN=C/C=C\F. The molecule has 0 rings (SSSR count). The molecule has 0 atom stereocenters. The fourth-order valence-electron chi connectivity index (χ4n) is 0.125. The average molecular weight is 100 g/mol. The van der Waals surface area contributed by atoms with Crippen LogP contribution >= 0.6 is 0 Å². The molecule has 0 aliphatic rings. The zero-order valence-electron chi connectivity index (χ0n) is 3.63. The molecule has 7 heavy (non-hydrogen) atoms. The molecule has 0 aromatic carbocycles. The predicted octanol–water partition coefficient (Wildman–Crippen LogP) is 1.15. The number of nitrogens with zero attached hydrogens (tertiary/aromatic N) is 1. The molecule has 3 heteroatoms. The summed E-state index contributed by atoms with van der Waals surface area (Å²) in [7, 11) is 0. The van der Waals surface area contributed by atoms with E-state index in [0.717, 1.165) is 12.4 Å². The van der Waals surface area contributed by atoms with Gasteiger partial charge in [-0.15, -0.1) is 0 Å². The summed E-state index contributed by atoms with van der Waals surface area (Å²) in [6.07, 6.45) is 3.48. The average Bonchev–Trinajstić information content (AvgIpc) is 1.69. The van der Waals surface area contributed by atoms with Crippen LogP contribution < -0.4 is 0 Å². The smallest absolute Gasteiger partial charge is 0.106 e. The Hall–Kier alpha value is -0.990. The largest absolute Gasteiger partial charge is 0.290 e. The molecule has 38 valence electrons. The lowest BCUT2D eigenvalue weighted by Gasteiger charge is -1.63. The first kappa shape index (κ1) is 6.01. The minimum absolute atomic E-state index is 0.354. The van der Waals surface area contributed by atoms with Gasteiger partial charge in [0.05, 0.1) is 6.33 Å². The molecule has 0 saturated carbocycles. The molecular formula is C4H5FN2. The Morgan fingerprint density at radius 1 is 1.57 bits per heavy atom. The highest BCUT2D eigenvalue weighted by Gasteiger charge is 1.55. The van der Waals surface area contributed by atoms with Crippen LogP contribution in [0.15, 0.2) is 17.4 Å². The van der Waals surface area contributed by atoms with E-state index in [0.29, 0.717) is 6.33 Å². The van der Waals surface area contributed by atoms with E-state index in [1.54, 1.807) is 0 Å². The summed E-state index contributed by atoms with van der Waals surface area (Å²) in [6, 6.07) is 0. The Kier molecular flexibility index (Phi) is 4.30. The first-order valence-corrected chi connectivity index (χ1v) is 1.69. The summed E-state index contributed by atoms with van der Waals surface area (Å²) in [4.78, 5) is 3.25. The minimum atomic E-state index is 0.354. The number of hydrogen-bond acceptors (Lipinski definition) is 1. The molecule has 2 nitrogen and oxygen atoms in total. The predicted molar refractivity (Wildman–Crippen MR) is 27.5 cm³/mol. The number of aliphatic imine (C=N–C) groups is 1. The Morgan fingerprint density at radius 2 is 2.29 bits per heavy atom. The molecule has 0 aromatic rings. The standard InChI is InChI=1S/C4H5FN2/c5-2-1-3-7-4-6/h1-4,6H/b2-1-,6-4?,7-3?. The van der Waals surface area contributed by atoms with E-state index in [9.17, 15) is 4.39 Å². The van der Waals surface area contributed by atoms with Crippen molar-refractivity contribution in [3.05, 3.63) is 12.4 Å². The highest BCUT2D eigenvalue weighted by molar-refractivity contribution is 5.78. The second kappa shape index (κ2) is 5.01. The van der Waals surface area contributed by atoms with Crippen LogP contribution in [0.1, 0.15) is 0 Å². The molecule has 0 heterocycles. The number of allylic oxidation sites excluding steroid dienone is 1. The normalized spacial score (nSPS) is 11.0. The zero-order chi connectivity index (χ0) is 5.54. The molecule has 0 unspecified atom stereocenters. The van der Waals surface area contributed by atoms with E-state index in [2.05, 4.69) is 4.99 Å². The van der Waals surface area contributed by atoms with E-state index in [4.69, 9.17) is 5.41 Å². The number of nitrogens with one attached hydrogen (secondary N) is 1. The lowest BCUT2D eigenvalue weighted by molar-refractivity contribution is 0.723. The van der Waals surface area contributed by atoms with E-state index in [1.807, 2.05) is 0 Å². The summed E-state index contributed by atoms with van der Waals surface area (Å²) in [5.74, 6) is 0. The van der Waals surface area contributed by atoms with Gasteiger partial charge in [0.2, 0.25) is 0 Å². The van der Waals surface area contributed by atoms with Crippen molar-refractivity contribution in [3.63, 3.8) is 0 Å². The summed E-state index contributed by atoms with van der Waals surface area (Å²) in [5, 5.41) is 6.30. The highest BCUT2D eigenvalue weighted by atomic mass is 19.1. The molecule has 0 saturated heterocycles. The van der Waals surface area contributed by atoms with Crippen molar-refractivity contribution < 1.29 is 4.39 Å². The summed E-state index contributed by atoms with van der Waals surface area (Å²) < 4.78 is 11.0. The Morgan fingerprint density at radius 3 is 2.71 bits per heavy atom. The van der Waals surface area contributed by atoms with E-state index < -0.39 is 0 Å². The Balaban J connectivity index is 3.27. The van der Waals surface area contributed by atoms with Crippen LogP contribution in [0.25, 0.3) is 0 Å². The lowest BCUT2D eigenvalue weighted by atomic mass is 10.7.